The summed E-state index contributed by atoms with van der Waals surface area (Å²) in [4.78, 5) is 11.6. The van der Waals surface area contributed by atoms with Crippen LogP contribution in [0.1, 0.15) is 44.6 Å². The average Bonchev–Trinajstić information content (AvgIpc) is 2.29. The molecule has 0 amide bonds. The molecule has 20 heavy (non-hydrogen) atoms. The van der Waals surface area contributed by atoms with Crippen molar-refractivity contribution in [2.75, 3.05) is 0 Å². The van der Waals surface area contributed by atoms with E-state index in [9.17, 15) is 22.4 Å². The first-order chi connectivity index (χ1) is 9.34. The first-order valence-corrected chi connectivity index (χ1v) is 6.42. The van der Waals surface area contributed by atoms with E-state index in [-0.39, 0.29) is 0 Å². The summed E-state index contributed by atoms with van der Waals surface area (Å²) in [6, 6.07) is 0. The van der Waals surface area contributed by atoms with Gasteiger partial charge in [0.25, 0.3) is 0 Å². The van der Waals surface area contributed by atoms with E-state index in [0.29, 0.717) is 12.8 Å². The second-order valence-corrected chi connectivity index (χ2v) is 5.20. The van der Waals surface area contributed by atoms with Gasteiger partial charge in [-0.15, -0.1) is 0 Å². The monoisotopic (exact) mass is 290 g/mol. The topological polar surface area (TPSA) is 26.3 Å². The standard InChI is InChI=1S/C14H14F4O2/c1-6(2)8-9(15)11(17)12(18)13(10(8)16)20-14(19)7-4-3-5-7/h6-7H,3-5H2,1-2H3. The molecular weight excluding hydrogens is 276 g/mol. The molecule has 110 valence electrons. The third-order valence-corrected chi connectivity index (χ3v) is 3.48. The van der Waals surface area contributed by atoms with Crippen LogP contribution in [0.4, 0.5) is 17.6 Å². The highest BCUT2D eigenvalue weighted by molar-refractivity contribution is 5.76. The highest BCUT2D eigenvalue weighted by Gasteiger charge is 2.32. The lowest BCUT2D eigenvalue weighted by molar-refractivity contribution is -0.142. The summed E-state index contributed by atoms with van der Waals surface area (Å²) in [5.74, 6) is -9.68. The first-order valence-electron chi connectivity index (χ1n) is 6.42. The van der Waals surface area contributed by atoms with Gasteiger partial charge in [-0.1, -0.05) is 20.3 Å². The molecule has 0 aliphatic heterocycles. The highest BCUT2D eigenvalue weighted by atomic mass is 19.2. The van der Waals surface area contributed by atoms with E-state index in [1.54, 1.807) is 0 Å². The van der Waals surface area contributed by atoms with E-state index >= 15 is 0 Å². The minimum absolute atomic E-state index is 0.426. The summed E-state index contributed by atoms with van der Waals surface area (Å²) in [6.45, 7) is 2.85. The fraction of sp³-hybridized carbons (Fsp3) is 0.500. The minimum Gasteiger partial charge on any atom is -0.420 e. The second kappa shape index (κ2) is 5.42. The molecule has 2 nitrogen and oxygen atoms in total. The Hall–Kier alpha value is -1.59. The number of esters is 1. The summed E-state index contributed by atoms with van der Waals surface area (Å²) in [5, 5.41) is 0. The number of carbonyl (C=O) groups excluding carboxylic acids is 1. The molecule has 0 atom stereocenters. The van der Waals surface area contributed by atoms with Crippen molar-refractivity contribution < 1.29 is 27.1 Å². The largest absolute Gasteiger partial charge is 0.420 e. The molecule has 0 aromatic heterocycles. The Bertz CT molecular complexity index is 551. The Morgan fingerprint density at radius 3 is 2.10 bits per heavy atom. The fourth-order valence-electron chi connectivity index (χ4n) is 2.05. The third kappa shape index (κ3) is 2.39. The van der Waals surface area contributed by atoms with E-state index in [4.69, 9.17) is 0 Å². The highest BCUT2D eigenvalue weighted by Crippen LogP contribution is 2.35. The van der Waals surface area contributed by atoms with Gasteiger partial charge in [-0.05, 0) is 18.8 Å². The van der Waals surface area contributed by atoms with Crippen LogP contribution in [-0.4, -0.2) is 5.97 Å². The van der Waals surface area contributed by atoms with E-state index in [1.165, 1.54) is 13.8 Å². The van der Waals surface area contributed by atoms with Gasteiger partial charge in [-0.2, -0.15) is 4.39 Å². The van der Waals surface area contributed by atoms with Crippen molar-refractivity contribution in [3.8, 4) is 5.75 Å². The molecule has 0 spiro atoms. The Labute approximate surface area is 113 Å². The molecule has 0 unspecified atom stereocenters. The van der Waals surface area contributed by atoms with Crippen LogP contribution in [0.2, 0.25) is 0 Å². The lowest BCUT2D eigenvalue weighted by Crippen LogP contribution is -2.27. The average molecular weight is 290 g/mol. The number of rotatable bonds is 3. The van der Waals surface area contributed by atoms with Gasteiger partial charge in [0, 0.05) is 5.56 Å². The molecule has 1 aliphatic carbocycles. The normalized spacial score (nSPS) is 15.3. The number of carbonyl (C=O) groups is 1. The Morgan fingerprint density at radius 2 is 1.65 bits per heavy atom. The van der Waals surface area contributed by atoms with Gasteiger partial charge in [0.05, 0.1) is 5.92 Å². The van der Waals surface area contributed by atoms with Crippen molar-refractivity contribution in [1.29, 1.82) is 0 Å². The van der Waals surface area contributed by atoms with Crippen molar-refractivity contribution in [2.24, 2.45) is 5.92 Å². The molecule has 1 aromatic carbocycles. The van der Waals surface area contributed by atoms with Gasteiger partial charge in [-0.25, -0.2) is 13.2 Å². The van der Waals surface area contributed by atoms with Crippen LogP contribution in [-0.2, 0) is 4.79 Å². The molecule has 0 saturated heterocycles. The molecule has 1 aromatic rings. The molecule has 0 bridgehead atoms. The summed E-state index contributed by atoms with van der Waals surface area (Å²) >= 11 is 0. The van der Waals surface area contributed by atoms with Crippen LogP contribution in [0.25, 0.3) is 0 Å². The van der Waals surface area contributed by atoms with Crippen LogP contribution in [0.5, 0.6) is 5.75 Å². The zero-order valence-corrected chi connectivity index (χ0v) is 11.1. The summed E-state index contributed by atoms with van der Waals surface area (Å²) in [6.07, 6.45) is 1.98. The van der Waals surface area contributed by atoms with Crippen molar-refractivity contribution in [3.05, 3.63) is 28.8 Å². The molecule has 2 rings (SSSR count). The molecule has 1 aliphatic rings. The number of halogens is 4. The lowest BCUT2D eigenvalue weighted by atomic mass is 9.86. The van der Waals surface area contributed by atoms with Gasteiger partial charge in [0.15, 0.2) is 17.5 Å². The number of hydrogen-bond acceptors (Lipinski definition) is 2. The van der Waals surface area contributed by atoms with Gasteiger partial charge < -0.3 is 4.74 Å². The van der Waals surface area contributed by atoms with E-state index in [0.717, 1.165) is 6.42 Å². The Kier molecular flexibility index (Phi) is 4.01. The minimum atomic E-state index is -1.83. The zero-order valence-electron chi connectivity index (χ0n) is 11.1. The van der Waals surface area contributed by atoms with Crippen LogP contribution in [0.15, 0.2) is 0 Å². The maximum Gasteiger partial charge on any atom is 0.314 e. The summed E-state index contributed by atoms with van der Waals surface area (Å²) < 4.78 is 59.2. The van der Waals surface area contributed by atoms with Crippen LogP contribution < -0.4 is 4.74 Å². The molecule has 6 heteroatoms. The predicted octanol–water partition coefficient (Wildman–Crippen LogP) is 4.07. The van der Waals surface area contributed by atoms with Crippen LogP contribution in [0.3, 0.4) is 0 Å². The molecular formula is C14H14F4O2. The molecule has 0 N–H and O–H groups in total. The van der Waals surface area contributed by atoms with E-state index < -0.39 is 52.4 Å². The Morgan fingerprint density at radius 1 is 1.05 bits per heavy atom. The number of ether oxygens (including phenoxy) is 1. The lowest BCUT2D eigenvalue weighted by Gasteiger charge is -2.23. The van der Waals surface area contributed by atoms with Gasteiger partial charge in [0.1, 0.15) is 0 Å². The van der Waals surface area contributed by atoms with Gasteiger partial charge in [0.2, 0.25) is 11.6 Å². The number of benzene rings is 1. The van der Waals surface area contributed by atoms with Gasteiger partial charge in [-0.3, -0.25) is 4.79 Å². The smallest absolute Gasteiger partial charge is 0.314 e. The van der Waals surface area contributed by atoms with Gasteiger partial charge >= 0.3 is 5.97 Å². The number of hydrogen-bond donors (Lipinski definition) is 0. The second-order valence-electron chi connectivity index (χ2n) is 5.20. The summed E-state index contributed by atoms with van der Waals surface area (Å²) in [5.41, 5.74) is -0.625. The third-order valence-electron chi connectivity index (χ3n) is 3.48. The zero-order chi connectivity index (χ0) is 15.0. The predicted molar refractivity (Wildman–Crippen MR) is 63.3 cm³/mol. The van der Waals surface area contributed by atoms with Crippen LogP contribution in [0, 0.1) is 29.2 Å². The fourth-order valence-corrected chi connectivity index (χ4v) is 2.05. The van der Waals surface area contributed by atoms with Crippen molar-refractivity contribution in [3.63, 3.8) is 0 Å². The van der Waals surface area contributed by atoms with E-state index in [2.05, 4.69) is 4.74 Å². The van der Waals surface area contributed by atoms with E-state index in [1.807, 2.05) is 0 Å². The quantitative estimate of drug-likeness (QED) is 0.276. The molecule has 0 radical (unpaired) electrons. The SMILES string of the molecule is CC(C)c1c(F)c(F)c(F)c(OC(=O)C2CCC2)c1F. The Balaban J connectivity index is 2.43. The van der Waals surface area contributed by atoms with Crippen LogP contribution >= 0.6 is 0 Å². The summed E-state index contributed by atoms with van der Waals surface area (Å²) in [7, 11) is 0. The molecule has 1 saturated carbocycles. The molecule has 1 fully saturated rings. The maximum atomic E-state index is 14.0. The van der Waals surface area contributed by atoms with Crippen molar-refractivity contribution in [1.82, 2.24) is 0 Å². The first kappa shape index (κ1) is 14.8. The maximum absolute atomic E-state index is 14.0. The van der Waals surface area contributed by atoms with Crippen molar-refractivity contribution in [2.45, 2.75) is 39.0 Å². The van der Waals surface area contributed by atoms with Crippen molar-refractivity contribution >= 4 is 5.97 Å². The molecule has 0 heterocycles.